The molecule has 3 atom stereocenters. The molecule has 1 rings (SSSR count). The van der Waals surface area contributed by atoms with Crippen LogP contribution in [0.25, 0.3) is 0 Å². The SMILES string of the molecule is CC=CC1(C(C)CC)C=CC(C(C)CC)=CC1. The van der Waals surface area contributed by atoms with Gasteiger partial charge in [-0.1, -0.05) is 64.5 Å². The van der Waals surface area contributed by atoms with Crippen LogP contribution in [0.5, 0.6) is 0 Å². The van der Waals surface area contributed by atoms with Crippen molar-refractivity contribution >= 4 is 0 Å². The minimum absolute atomic E-state index is 0.264. The maximum Gasteiger partial charge on any atom is 0.0124 e. The van der Waals surface area contributed by atoms with Gasteiger partial charge in [-0.15, -0.1) is 0 Å². The van der Waals surface area contributed by atoms with E-state index in [9.17, 15) is 0 Å². The van der Waals surface area contributed by atoms with E-state index in [2.05, 4.69) is 65.0 Å². The fraction of sp³-hybridized carbons (Fsp3) is 0.647. The van der Waals surface area contributed by atoms with E-state index in [1.165, 1.54) is 24.8 Å². The molecule has 0 aliphatic heterocycles. The lowest BCUT2D eigenvalue weighted by molar-refractivity contribution is 0.310. The molecule has 0 fully saturated rings. The lowest BCUT2D eigenvalue weighted by Crippen LogP contribution is -2.25. The first-order valence-electron chi connectivity index (χ1n) is 7.12. The summed E-state index contributed by atoms with van der Waals surface area (Å²) in [7, 11) is 0. The predicted octanol–water partition coefficient (Wildman–Crippen LogP) is 5.53. The van der Waals surface area contributed by atoms with Gasteiger partial charge in [-0.3, -0.25) is 0 Å². The van der Waals surface area contributed by atoms with E-state index in [-0.39, 0.29) is 5.41 Å². The summed E-state index contributed by atoms with van der Waals surface area (Å²) in [6.07, 6.45) is 15.5. The van der Waals surface area contributed by atoms with E-state index in [1.807, 2.05) is 0 Å². The molecule has 0 spiro atoms. The van der Waals surface area contributed by atoms with Gasteiger partial charge in [-0.2, -0.15) is 0 Å². The second kappa shape index (κ2) is 6.23. The Balaban J connectivity index is 2.89. The Morgan fingerprint density at radius 1 is 1.29 bits per heavy atom. The Hall–Kier alpha value is -0.780. The topological polar surface area (TPSA) is 0 Å². The highest BCUT2D eigenvalue weighted by Gasteiger charge is 2.30. The summed E-state index contributed by atoms with van der Waals surface area (Å²) in [5.41, 5.74) is 1.79. The summed E-state index contributed by atoms with van der Waals surface area (Å²) in [4.78, 5) is 0. The van der Waals surface area contributed by atoms with Crippen molar-refractivity contribution in [1.82, 2.24) is 0 Å². The van der Waals surface area contributed by atoms with Crippen molar-refractivity contribution < 1.29 is 0 Å². The summed E-state index contributed by atoms with van der Waals surface area (Å²) in [5, 5.41) is 0. The maximum atomic E-state index is 2.46. The third-order valence-electron chi connectivity index (χ3n) is 4.47. The molecule has 96 valence electrons. The van der Waals surface area contributed by atoms with E-state index in [0.29, 0.717) is 11.8 Å². The van der Waals surface area contributed by atoms with Crippen LogP contribution in [0.2, 0.25) is 0 Å². The van der Waals surface area contributed by atoms with Crippen molar-refractivity contribution in [2.24, 2.45) is 17.3 Å². The average Bonchev–Trinajstić information content (AvgIpc) is 2.38. The van der Waals surface area contributed by atoms with Crippen molar-refractivity contribution in [3.05, 3.63) is 36.0 Å². The number of rotatable bonds is 5. The molecule has 1 aliphatic carbocycles. The second-order valence-corrected chi connectivity index (χ2v) is 5.47. The zero-order valence-electron chi connectivity index (χ0n) is 12.2. The van der Waals surface area contributed by atoms with E-state index in [4.69, 9.17) is 0 Å². The minimum Gasteiger partial charge on any atom is -0.0908 e. The van der Waals surface area contributed by atoms with Crippen LogP contribution in [0, 0.1) is 17.3 Å². The fourth-order valence-electron chi connectivity index (χ4n) is 2.63. The van der Waals surface area contributed by atoms with Gasteiger partial charge in [0.1, 0.15) is 0 Å². The van der Waals surface area contributed by atoms with Crippen LogP contribution in [-0.4, -0.2) is 0 Å². The lowest BCUT2D eigenvalue weighted by atomic mass is 9.69. The molecular weight excluding hydrogens is 204 g/mol. The highest BCUT2D eigenvalue weighted by molar-refractivity contribution is 5.32. The molecule has 0 heterocycles. The molecule has 0 radical (unpaired) electrons. The zero-order valence-corrected chi connectivity index (χ0v) is 12.2. The van der Waals surface area contributed by atoms with Crippen LogP contribution in [0.1, 0.15) is 53.9 Å². The minimum atomic E-state index is 0.264. The summed E-state index contributed by atoms with van der Waals surface area (Å²) < 4.78 is 0. The Morgan fingerprint density at radius 2 is 2.00 bits per heavy atom. The highest BCUT2D eigenvalue weighted by Crippen LogP contribution is 2.41. The number of hydrogen-bond acceptors (Lipinski definition) is 0. The molecule has 1 aliphatic rings. The molecule has 0 aromatic carbocycles. The van der Waals surface area contributed by atoms with Gasteiger partial charge in [-0.25, -0.2) is 0 Å². The molecular formula is C17H28. The number of hydrogen-bond donors (Lipinski definition) is 0. The molecule has 0 aromatic rings. The third kappa shape index (κ3) is 3.12. The maximum absolute atomic E-state index is 2.46. The summed E-state index contributed by atoms with van der Waals surface area (Å²) >= 11 is 0. The molecule has 0 saturated heterocycles. The second-order valence-electron chi connectivity index (χ2n) is 5.47. The summed E-state index contributed by atoms with van der Waals surface area (Å²) in [6, 6.07) is 0. The normalized spacial score (nSPS) is 28.2. The molecule has 0 heteroatoms. The van der Waals surface area contributed by atoms with Crippen LogP contribution in [0.3, 0.4) is 0 Å². The fourth-order valence-corrected chi connectivity index (χ4v) is 2.63. The molecule has 0 bridgehead atoms. The molecule has 3 unspecified atom stereocenters. The van der Waals surface area contributed by atoms with Gasteiger partial charge in [-0.05, 0) is 37.2 Å². The smallest absolute Gasteiger partial charge is 0.0124 e. The van der Waals surface area contributed by atoms with Crippen LogP contribution >= 0.6 is 0 Å². The number of allylic oxidation sites excluding steroid dienone is 6. The Morgan fingerprint density at radius 3 is 2.41 bits per heavy atom. The molecule has 0 N–H and O–H groups in total. The van der Waals surface area contributed by atoms with Gasteiger partial charge in [0.25, 0.3) is 0 Å². The lowest BCUT2D eigenvalue weighted by Gasteiger charge is -2.35. The first-order valence-corrected chi connectivity index (χ1v) is 7.12. The van der Waals surface area contributed by atoms with Crippen molar-refractivity contribution in [2.75, 3.05) is 0 Å². The van der Waals surface area contributed by atoms with Gasteiger partial charge >= 0.3 is 0 Å². The van der Waals surface area contributed by atoms with Crippen molar-refractivity contribution in [1.29, 1.82) is 0 Å². The Kier molecular flexibility index (Phi) is 5.24. The molecule has 0 amide bonds. The quantitative estimate of drug-likeness (QED) is 0.547. The van der Waals surface area contributed by atoms with Crippen molar-refractivity contribution in [2.45, 2.75) is 53.9 Å². The van der Waals surface area contributed by atoms with E-state index in [1.54, 1.807) is 0 Å². The first kappa shape index (κ1) is 14.3. The van der Waals surface area contributed by atoms with Crippen LogP contribution in [0.15, 0.2) is 36.0 Å². The highest BCUT2D eigenvalue weighted by atomic mass is 14.3. The Bertz CT molecular complexity index is 319. The Labute approximate surface area is 108 Å². The zero-order chi connectivity index (χ0) is 12.9. The first-order chi connectivity index (χ1) is 8.09. The predicted molar refractivity (Wildman–Crippen MR) is 78.0 cm³/mol. The third-order valence-corrected chi connectivity index (χ3v) is 4.47. The van der Waals surface area contributed by atoms with Gasteiger partial charge < -0.3 is 0 Å². The standard InChI is InChI=1S/C17H28/c1-6-11-17(15(5)8-3)12-9-16(10-13-17)14(4)7-2/h6,9-12,14-15H,7-8,13H2,1-5H3. The molecule has 0 saturated carbocycles. The van der Waals surface area contributed by atoms with E-state index in [0.717, 1.165) is 0 Å². The monoisotopic (exact) mass is 232 g/mol. The van der Waals surface area contributed by atoms with Crippen molar-refractivity contribution in [3.63, 3.8) is 0 Å². The van der Waals surface area contributed by atoms with Crippen molar-refractivity contribution in [3.8, 4) is 0 Å². The van der Waals surface area contributed by atoms with Crippen LogP contribution in [-0.2, 0) is 0 Å². The average molecular weight is 232 g/mol. The summed E-state index contributed by atoms with van der Waals surface area (Å²) in [5.74, 6) is 1.41. The summed E-state index contributed by atoms with van der Waals surface area (Å²) in [6.45, 7) is 11.4. The van der Waals surface area contributed by atoms with Gasteiger partial charge in [0.15, 0.2) is 0 Å². The van der Waals surface area contributed by atoms with Gasteiger partial charge in [0.2, 0.25) is 0 Å². The van der Waals surface area contributed by atoms with Crippen LogP contribution < -0.4 is 0 Å². The molecule has 0 aromatic heterocycles. The largest absolute Gasteiger partial charge is 0.0908 e. The molecule has 17 heavy (non-hydrogen) atoms. The van der Waals surface area contributed by atoms with E-state index < -0.39 is 0 Å². The molecule has 0 nitrogen and oxygen atoms in total. The van der Waals surface area contributed by atoms with E-state index >= 15 is 0 Å². The van der Waals surface area contributed by atoms with Crippen LogP contribution in [0.4, 0.5) is 0 Å². The van der Waals surface area contributed by atoms with Gasteiger partial charge in [0, 0.05) is 5.41 Å². The van der Waals surface area contributed by atoms with Gasteiger partial charge in [0.05, 0.1) is 0 Å².